The second-order valence-corrected chi connectivity index (χ2v) is 6.06. The van der Waals surface area contributed by atoms with Gasteiger partial charge in [0, 0.05) is 17.4 Å². The summed E-state index contributed by atoms with van der Waals surface area (Å²) < 4.78 is 11.5. The molecule has 0 saturated carbocycles. The molecule has 0 bridgehead atoms. The summed E-state index contributed by atoms with van der Waals surface area (Å²) in [5.41, 5.74) is 1.04. The van der Waals surface area contributed by atoms with Crippen molar-refractivity contribution in [2.24, 2.45) is 11.8 Å². The second kappa shape index (κ2) is 5.21. The molecule has 0 aliphatic carbocycles. The predicted molar refractivity (Wildman–Crippen MR) is 77.0 cm³/mol. The SMILES string of the molecule is CC1OC(C)C(C(=O)C2CCOc3ccccc32)C1C. The molecule has 1 aromatic rings. The van der Waals surface area contributed by atoms with Crippen LogP contribution in [0.5, 0.6) is 5.75 Å². The first-order chi connectivity index (χ1) is 9.59. The number of para-hydroxylation sites is 1. The summed E-state index contributed by atoms with van der Waals surface area (Å²) in [6.45, 7) is 6.83. The van der Waals surface area contributed by atoms with E-state index in [0.29, 0.717) is 12.4 Å². The van der Waals surface area contributed by atoms with Gasteiger partial charge in [-0.25, -0.2) is 0 Å². The summed E-state index contributed by atoms with van der Waals surface area (Å²) in [6, 6.07) is 7.91. The maximum atomic E-state index is 13.0. The van der Waals surface area contributed by atoms with Crippen LogP contribution < -0.4 is 4.74 Å². The van der Waals surface area contributed by atoms with Crippen molar-refractivity contribution in [1.29, 1.82) is 0 Å². The number of hydrogen-bond acceptors (Lipinski definition) is 3. The molecule has 108 valence electrons. The number of fused-ring (bicyclic) bond motifs is 1. The van der Waals surface area contributed by atoms with Crippen LogP contribution in [0, 0.1) is 11.8 Å². The number of ketones is 1. The Balaban J connectivity index is 1.89. The number of carbonyl (C=O) groups is 1. The quantitative estimate of drug-likeness (QED) is 0.831. The first kappa shape index (κ1) is 13.6. The molecule has 1 fully saturated rings. The van der Waals surface area contributed by atoms with Gasteiger partial charge in [-0.3, -0.25) is 4.79 Å². The van der Waals surface area contributed by atoms with Gasteiger partial charge in [0.1, 0.15) is 11.5 Å². The normalized spacial score (nSPS) is 36.2. The molecule has 2 heterocycles. The Labute approximate surface area is 120 Å². The molecule has 3 nitrogen and oxygen atoms in total. The highest BCUT2D eigenvalue weighted by atomic mass is 16.5. The number of rotatable bonds is 2. The minimum atomic E-state index is -0.0382. The molecule has 0 amide bonds. The molecule has 1 saturated heterocycles. The van der Waals surface area contributed by atoms with Crippen LogP contribution in [0.4, 0.5) is 0 Å². The van der Waals surface area contributed by atoms with Crippen molar-refractivity contribution in [3.05, 3.63) is 29.8 Å². The standard InChI is InChI=1S/C17H22O3/c1-10-11(2)20-12(3)16(10)17(18)14-8-9-19-15-7-5-4-6-13(14)15/h4-7,10-12,14,16H,8-9H2,1-3H3. The topological polar surface area (TPSA) is 35.5 Å². The van der Waals surface area contributed by atoms with Crippen LogP contribution in [0.25, 0.3) is 0 Å². The van der Waals surface area contributed by atoms with E-state index in [1.54, 1.807) is 0 Å². The van der Waals surface area contributed by atoms with Crippen molar-refractivity contribution in [1.82, 2.24) is 0 Å². The molecule has 0 spiro atoms. The predicted octanol–water partition coefficient (Wildman–Crippen LogP) is 3.18. The summed E-state index contributed by atoms with van der Waals surface area (Å²) in [6.07, 6.45) is 0.955. The van der Waals surface area contributed by atoms with Gasteiger partial charge in [-0.2, -0.15) is 0 Å². The zero-order chi connectivity index (χ0) is 14.3. The zero-order valence-electron chi connectivity index (χ0n) is 12.3. The van der Waals surface area contributed by atoms with Crippen molar-refractivity contribution in [3.8, 4) is 5.75 Å². The van der Waals surface area contributed by atoms with Gasteiger partial charge in [0.25, 0.3) is 0 Å². The molecule has 2 aliphatic heterocycles. The molecule has 0 N–H and O–H groups in total. The van der Waals surface area contributed by atoms with Gasteiger partial charge in [-0.05, 0) is 32.3 Å². The number of Topliss-reactive ketones (excluding diaryl/α,β-unsaturated/α-hetero) is 1. The number of hydrogen-bond donors (Lipinski definition) is 0. The third-order valence-electron chi connectivity index (χ3n) is 4.87. The molecule has 20 heavy (non-hydrogen) atoms. The van der Waals surface area contributed by atoms with Crippen LogP contribution in [-0.4, -0.2) is 24.6 Å². The van der Waals surface area contributed by atoms with E-state index in [0.717, 1.165) is 17.7 Å². The summed E-state index contributed by atoms with van der Waals surface area (Å²) in [4.78, 5) is 13.0. The number of carbonyl (C=O) groups excluding carboxylic acids is 1. The highest BCUT2D eigenvalue weighted by molar-refractivity contribution is 5.89. The summed E-state index contributed by atoms with van der Waals surface area (Å²) in [5.74, 6) is 1.44. The number of ether oxygens (including phenoxy) is 2. The highest BCUT2D eigenvalue weighted by Gasteiger charge is 2.44. The molecule has 5 unspecified atom stereocenters. The fourth-order valence-corrected chi connectivity index (χ4v) is 3.63. The Morgan fingerprint density at radius 2 is 1.90 bits per heavy atom. The Morgan fingerprint density at radius 1 is 1.15 bits per heavy atom. The van der Waals surface area contributed by atoms with Crippen LogP contribution >= 0.6 is 0 Å². The maximum Gasteiger partial charge on any atom is 0.146 e. The van der Waals surface area contributed by atoms with E-state index in [1.807, 2.05) is 31.2 Å². The monoisotopic (exact) mass is 274 g/mol. The third-order valence-corrected chi connectivity index (χ3v) is 4.87. The molecular weight excluding hydrogens is 252 g/mol. The Kier molecular flexibility index (Phi) is 3.55. The van der Waals surface area contributed by atoms with Gasteiger partial charge in [-0.1, -0.05) is 25.1 Å². The fourth-order valence-electron chi connectivity index (χ4n) is 3.63. The fraction of sp³-hybridized carbons (Fsp3) is 0.588. The van der Waals surface area contributed by atoms with Gasteiger partial charge >= 0.3 is 0 Å². The van der Waals surface area contributed by atoms with Gasteiger partial charge in [-0.15, -0.1) is 0 Å². The first-order valence-corrected chi connectivity index (χ1v) is 7.50. The van der Waals surface area contributed by atoms with Crippen LogP contribution in [0.2, 0.25) is 0 Å². The molecule has 3 heteroatoms. The lowest BCUT2D eigenvalue weighted by Gasteiger charge is -2.28. The van der Waals surface area contributed by atoms with E-state index in [9.17, 15) is 4.79 Å². The Morgan fingerprint density at radius 3 is 2.60 bits per heavy atom. The van der Waals surface area contributed by atoms with E-state index in [1.165, 1.54) is 0 Å². The van der Waals surface area contributed by atoms with Gasteiger partial charge < -0.3 is 9.47 Å². The van der Waals surface area contributed by atoms with E-state index < -0.39 is 0 Å². The molecule has 2 aliphatic rings. The van der Waals surface area contributed by atoms with E-state index in [-0.39, 0.29) is 30.0 Å². The molecule has 3 rings (SSSR count). The first-order valence-electron chi connectivity index (χ1n) is 7.50. The van der Waals surface area contributed by atoms with Crippen molar-refractivity contribution in [3.63, 3.8) is 0 Å². The Bertz CT molecular complexity index is 511. The van der Waals surface area contributed by atoms with Crippen molar-refractivity contribution in [2.45, 2.75) is 45.3 Å². The summed E-state index contributed by atoms with van der Waals surface area (Å²) in [7, 11) is 0. The molecule has 1 aromatic carbocycles. The summed E-state index contributed by atoms with van der Waals surface area (Å²) in [5, 5.41) is 0. The molecule has 0 aromatic heterocycles. The largest absolute Gasteiger partial charge is 0.493 e. The maximum absolute atomic E-state index is 13.0. The van der Waals surface area contributed by atoms with Crippen molar-refractivity contribution in [2.75, 3.05) is 6.61 Å². The van der Waals surface area contributed by atoms with E-state index in [4.69, 9.17) is 9.47 Å². The van der Waals surface area contributed by atoms with Crippen LogP contribution in [0.3, 0.4) is 0 Å². The van der Waals surface area contributed by atoms with E-state index >= 15 is 0 Å². The minimum Gasteiger partial charge on any atom is -0.493 e. The average molecular weight is 274 g/mol. The number of benzene rings is 1. The lowest BCUT2D eigenvalue weighted by molar-refractivity contribution is -0.127. The molecule has 0 radical (unpaired) electrons. The molecular formula is C17H22O3. The smallest absolute Gasteiger partial charge is 0.146 e. The summed E-state index contributed by atoms with van der Waals surface area (Å²) >= 11 is 0. The van der Waals surface area contributed by atoms with Crippen molar-refractivity contribution < 1.29 is 14.3 Å². The van der Waals surface area contributed by atoms with Crippen LogP contribution in [0.1, 0.15) is 38.7 Å². The van der Waals surface area contributed by atoms with Gasteiger partial charge in [0.05, 0.1) is 18.8 Å². The Hall–Kier alpha value is -1.35. The van der Waals surface area contributed by atoms with Crippen LogP contribution in [0.15, 0.2) is 24.3 Å². The van der Waals surface area contributed by atoms with E-state index in [2.05, 4.69) is 13.8 Å². The van der Waals surface area contributed by atoms with Gasteiger partial charge in [0.15, 0.2) is 0 Å². The lowest BCUT2D eigenvalue weighted by atomic mass is 9.77. The molecule has 5 atom stereocenters. The van der Waals surface area contributed by atoms with Crippen molar-refractivity contribution >= 4 is 5.78 Å². The average Bonchev–Trinajstić information content (AvgIpc) is 2.71. The van der Waals surface area contributed by atoms with Gasteiger partial charge in [0.2, 0.25) is 0 Å². The van der Waals surface area contributed by atoms with Crippen LogP contribution in [-0.2, 0) is 9.53 Å². The third kappa shape index (κ3) is 2.14. The zero-order valence-corrected chi connectivity index (χ0v) is 12.3. The minimum absolute atomic E-state index is 0.00107. The second-order valence-electron chi connectivity index (χ2n) is 6.06. The highest BCUT2D eigenvalue weighted by Crippen LogP contribution is 2.41. The lowest BCUT2D eigenvalue weighted by Crippen LogP contribution is -2.33.